The van der Waals surface area contributed by atoms with Gasteiger partial charge in [0.1, 0.15) is 0 Å². The first-order valence-corrected chi connectivity index (χ1v) is 5.73. The van der Waals surface area contributed by atoms with Crippen molar-refractivity contribution in [1.82, 2.24) is 9.78 Å². The molecule has 0 aliphatic rings. The molecular formula is C13H11F2N3O. The molecule has 98 valence electrons. The Morgan fingerprint density at radius 1 is 1.37 bits per heavy atom. The van der Waals surface area contributed by atoms with E-state index < -0.39 is 17.4 Å². The van der Waals surface area contributed by atoms with Crippen LogP contribution in [-0.2, 0) is 6.54 Å². The SMILES string of the molecule is CCCn1cc(Oc2c(F)cc(C#N)cc2F)cn1. The highest BCUT2D eigenvalue weighted by atomic mass is 19.1. The molecule has 0 saturated carbocycles. The summed E-state index contributed by atoms with van der Waals surface area (Å²) >= 11 is 0. The van der Waals surface area contributed by atoms with Crippen LogP contribution < -0.4 is 4.74 Å². The number of hydrogen-bond acceptors (Lipinski definition) is 3. The third-order valence-corrected chi connectivity index (χ3v) is 2.41. The van der Waals surface area contributed by atoms with Crippen LogP contribution in [0, 0.1) is 23.0 Å². The van der Waals surface area contributed by atoms with Crippen LogP contribution in [0.1, 0.15) is 18.9 Å². The predicted octanol–water partition coefficient (Wildman–Crippen LogP) is 3.24. The first kappa shape index (κ1) is 13.0. The van der Waals surface area contributed by atoms with Crippen LogP contribution in [-0.4, -0.2) is 9.78 Å². The van der Waals surface area contributed by atoms with E-state index in [9.17, 15) is 8.78 Å². The highest BCUT2D eigenvalue weighted by Gasteiger charge is 2.14. The summed E-state index contributed by atoms with van der Waals surface area (Å²) in [7, 11) is 0. The minimum atomic E-state index is -0.917. The lowest BCUT2D eigenvalue weighted by Gasteiger charge is -2.05. The largest absolute Gasteiger partial charge is 0.448 e. The van der Waals surface area contributed by atoms with Gasteiger partial charge >= 0.3 is 0 Å². The van der Waals surface area contributed by atoms with Crippen LogP contribution in [0.15, 0.2) is 24.5 Å². The topological polar surface area (TPSA) is 50.8 Å². The Bertz CT molecular complexity index is 608. The number of nitriles is 1. The van der Waals surface area contributed by atoms with Crippen molar-refractivity contribution in [3.8, 4) is 17.6 Å². The van der Waals surface area contributed by atoms with Gasteiger partial charge < -0.3 is 4.74 Å². The van der Waals surface area contributed by atoms with Gasteiger partial charge in [-0.05, 0) is 18.6 Å². The summed E-state index contributed by atoms with van der Waals surface area (Å²) in [6.45, 7) is 2.68. The molecule has 2 aromatic rings. The van der Waals surface area contributed by atoms with E-state index in [1.54, 1.807) is 16.9 Å². The molecule has 19 heavy (non-hydrogen) atoms. The summed E-state index contributed by atoms with van der Waals surface area (Å²) < 4.78 is 33.9. The van der Waals surface area contributed by atoms with E-state index in [0.717, 1.165) is 18.6 Å². The molecule has 1 aromatic heterocycles. The Hall–Kier alpha value is -2.42. The van der Waals surface area contributed by atoms with E-state index in [1.165, 1.54) is 6.20 Å². The van der Waals surface area contributed by atoms with E-state index in [4.69, 9.17) is 10.00 Å². The molecule has 1 aromatic carbocycles. The lowest BCUT2D eigenvalue weighted by molar-refractivity contribution is 0.406. The Morgan fingerprint density at radius 3 is 2.63 bits per heavy atom. The Morgan fingerprint density at radius 2 is 2.05 bits per heavy atom. The molecule has 2 rings (SSSR count). The van der Waals surface area contributed by atoms with Crippen molar-refractivity contribution in [1.29, 1.82) is 5.26 Å². The fourth-order valence-corrected chi connectivity index (χ4v) is 1.59. The molecular weight excluding hydrogens is 252 g/mol. The van der Waals surface area contributed by atoms with Crippen LogP contribution in [0.4, 0.5) is 8.78 Å². The van der Waals surface area contributed by atoms with Crippen LogP contribution in [0.25, 0.3) is 0 Å². The van der Waals surface area contributed by atoms with Gasteiger partial charge in [-0.1, -0.05) is 6.92 Å². The average Bonchev–Trinajstić information content (AvgIpc) is 2.81. The van der Waals surface area contributed by atoms with Gasteiger partial charge in [0.2, 0.25) is 0 Å². The summed E-state index contributed by atoms with van der Waals surface area (Å²) in [4.78, 5) is 0. The maximum Gasteiger partial charge on any atom is 0.198 e. The molecule has 0 bridgehead atoms. The number of aromatic nitrogens is 2. The van der Waals surface area contributed by atoms with Gasteiger partial charge in [-0.15, -0.1) is 0 Å². The van der Waals surface area contributed by atoms with Crippen molar-refractivity contribution in [2.24, 2.45) is 0 Å². The molecule has 0 N–H and O–H groups in total. The normalized spacial score (nSPS) is 10.2. The van der Waals surface area contributed by atoms with Crippen LogP contribution in [0.5, 0.6) is 11.5 Å². The molecule has 0 aliphatic carbocycles. The number of benzene rings is 1. The molecule has 4 nitrogen and oxygen atoms in total. The summed E-state index contributed by atoms with van der Waals surface area (Å²) in [5.74, 6) is -2.12. The summed E-state index contributed by atoms with van der Waals surface area (Å²) in [6.07, 6.45) is 3.83. The summed E-state index contributed by atoms with van der Waals surface area (Å²) in [5, 5.41) is 12.6. The van der Waals surface area contributed by atoms with E-state index in [2.05, 4.69) is 5.10 Å². The van der Waals surface area contributed by atoms with Crippen LogP contribution in [0.2, 0.25) is 0 Å². The molecule has 0 unspecified atom stereocenters. The molecule has 0 atom stereocenters. The van der Waals surface area contributed by atoms with Crippen molar-refractivity contribution in [2.45, 2.75) is 19.9 Å². The minimum absolute atomic E-state index is 0.0935. The smallest absolute Gasteiger partial charge is 0.198 e. The Kier molecular flexibility index (Phi) is 3.76. The standard InChI is InChI=1S/C13H11F2N3O/c1-2-3-18-8-10(7-17-18)19-13-11(14)4-9(6-16)5-12(13)15/h4-5,7-8H,2-3H2,1H3. The second-order valence-electron chi connectivity index (χ2n) is 3.92. The average molecular weight is 263 g/mol. The first-order valence-electron chi connectivity index (χ1n) is 5.73. The second kappa shape index (κ2) is 5.48. The summed E-state index contributed by atoms with van der Waals surface area (Å²) in [6, 6.07) is 3.52. The van der Waals surface area contributed by atoms with Crippen LogP contribution in [0.3, 0.4) is 0 Å². The van der Waals surface area contributed by atoms with E-state index in [-0.39, 0.29) is 11.3 Å². The molecule has 0 amide bonds. The Balaban J connectivity index is 2.25. The van der Waals surface area contributed by atoms with Crippen molar-refractivity contribution in [2.75, 3.05) is 0 Å². The maximum atomic E-state index is 13.6. The lowest BCUT2D eigenvalue weighted by Crippen LogP contribution is -1.96. The zero-order chi connectivity index (χ0) is 13.8. The van der Waals surface area contributed by atoms with Crippen molar-refractivity contribution in [3.05, 3.63) is 41.7 Å². The van der Waals surface area contributed by atoms with E-state index >= 15 is 0 Å². The van der Waals surface area contributed by atoms with Crippen molar-refractivity contribution >= 4 is 0 Å². The second-order valence-corrected chi connectivity index (χ2v) is 3.92. The predicted molar refractivity (Wildman–Crippen MR) is 63.7 cm³/mol. The van der Waals surface area contributed by atoms with Gasteiger partial charge in [-0.3, -0.25) is 4.68 Å². The molecule has 0 fully saturated rings. The van der Waals surface area contributed by atoms with E-state index in [0.29, 0.717) is 6.54 Å². The molecule has 0 radical (unpaired) electrons. The number of nitrogens with zero attached hydrogens (tertiary/aromatic N) is 3. The highest BCUT2D eigenvalue weighted by molar-refractivity contribution is 5.39. The fourth-order valence-electron chi connectivity index (χ4n) is 1.59. The number of halogens is 2. The molecule has 0 saturated heterocycles. The van der Waals surface area contributed by atoms with Crippen LogP contribution >= 0.6 is 0 Å². The Labute approximate surface area is 108 Å². The maximum absolute atomic E-state index is 13.6. The molecule has 0 spiro atoms. The number of hydrogen-bond donors (Lipinski definition) is 0. The van der Waals surface area contributed by atoms with Gasteiger partial charge in [-0.2, -0.15) is 10.4 Å². The molecule has 6 heteroatoms. The quantitative estimate of drug-likeness (QED) is 0.850. The van der Waals surface area contributed by atoms with Gasteiger partial charge in [0.15, 0.2) is 23.1 Å². The third kappa shape index (κ3) is 2.88. The highest BCUT2D eigenvalue weighted by Crippen LogP contribution is 2.28. The van der Waals surface area contributed by atoms with Gasteiger partial charge in [0.05, 0.1) is 24.0 Å². The lowest BCUT2D eigenvalue weighted by atomic mass is 10.2. The minimum Gasteiger partial charge on any atom is -0.448 e. The van der Waals surface area contributed by atoms with Gasteiger partial charge in [-0.25, -0.2) is 8.78 Å². The van der Waals surface area contributed by atoms with Gasteiger partial charge in [0.25, 0.3) is 0 Å². The van der Waals surface area contributed by atoms with Crippen molar-refractivity contribution in [3.63, 3.8) is 0 Å². The fraction of sp³-hybridized carbons (Fsp3) is 0.231. The summed E-state index contributed by atoms with van der Waals surface area (Å²) in [5.41, 5.74) is -0.0935. The zero-order valence-electron chi connectivity index (χ0n) is 10.2. The number of aryl methyl sites for hydroxylation is 1. The number of rotatable bonds is 4. The zero-order valence-corrected chi connectivity index (χ0v) is 10.2. The molecule has 1 heterocycles. The van der Waals surface area contributed by atoms with Gasteiger partial charge in [0, 0.05) is 6.54 Å². The first-order chi connectivity index (χ1) is 9.13. The van der Waals surface area contributed by atoms with E-state index in [1.807, 2.05) is 6.92 Å². The monoisotopic (exact) mass is 263 g/mol. The number of ether oxygens (including phenoxy) is 1. The third-order valence-electron chi connectivity index (χ3n) is 2.41. The van der Waals surface area contributed by atoms with Crippen molar-refractivity contribution < 1.29 is 13.5 Å². The molecule has 0 aliphatic heterocycles.